The second-order valence-electron chi connectivity index (χ2n) is 7.92. The molecule has 1 N–H and O–H groups in total. The zero-order valence-electron chi connectivity index (χ0n) is 17.4. The van der Waals surface area contributed by atoms with Crippen molar-refractivity contribution < 1.29 is 19.5 Å². The van der Waals surface area contributed by atoms with Gasteiger partial charge in [0.15, 0.2) is 0 Å². The van der Waals surface area contributed by atoms with Crippen LogP contribution in [0.1, 0.15) is 29.8 Å². The van der Waals surface area contributed by atoms with Crippen LogP contribution in [-0.4, -0.2) is 95.4 Å². The van der Waals surface area contributed by atoms with E-state index < -0.39 is 0 Å². The summed E-state index contributed by atoms with van der Waals surface area (Å²) in [5.74, 6) is 1.08. The predicted octanol–water partition coefficient (Wildman–Crippen LogP) is 0.686. The minimum Gasteiger partial charge on any atom is -0.483 e. The van der Waals surface area contributed by atoms with Gasteiger partial charge in [0.05, 0.1) is 6.20 Å². The predicted molar refractivity (Wildman–Crippen MR) is 107 cm³/mol. The van der Waals surface area contributed by atoms with Crippen LogP contribution in [0.25, 0.3) is 0 Å². The Hall–Kier alpha value is -2.55. The molecule has 3 rings (SSSR count). The fourth-order valence-corrected chi connectivity index (χ4v) is 4.14. The Morgan fingerprint density at radius 2 is 2.00 bits per heavy atom. The maximum absolute atomic E-state index is 12.8. The average Bonchev–Trinajstić information content (AvgIpc) is 2.69. The van der Waals surface area contributed by atoms with Crippen LogP contribution in [0.2, 0.25) is 0 Å². The van der Waals surface area contributed by atoms with Crippen LogP contribution in [0.4, 0.5) is 0 Å². The van der Waals surface area contributed by atoms with Gasteiger partial charge in [-0.05, 0) is 51.7 Å². The number of hydrogen-bond acceptors (Lipinski definition) is 6. The lowest BCUT2D eigenvalue weighted by atomic mass is 9.61. The Morgan fingerprint density at radius 3 is 2.62 bits per heavy atom. The van der Waals surface area contributed by atoms with Gasteiger partial charge in [-0.15, -0.1) is 0 Å². The molecule has 1 aromatic heterocycles. The molecule has 1 aromatic rings. The maximum atomic E-state index is 12.8. The number of fused-ring (bicyclic) bond motifs is 1. The number of carbonyl (C=O) groups is 3. The Kier molecular flexibility index (Phi) is 8.50. The molecule has 29 heavy (non-hydrogen) atoms. The number of amides is 2. The second-order valence-corrected chi connectivity index (χ2v) is 7.92. The first-order valence-electron chi connectivity index (χ1n) is 9.91. The number of carboxylic acid groups (broad SMARTS) is 1. The summed E-state index contributed by atoms with van der Waals surface area (Å²) in [4.78, 5) is 47.7. The number of hydrogen-bond donors (Lipinski definition) is 1. The number of piperidine rings is 1. The standard InChI is InChI=1S/C19H29N5O2.CH2O2/c1-22(2)8-4-9-23(3)18(25)15-11-14-5-10-24(13-16(14)15)19(26)17-12-20-6-7-21-17;2-1-3/h6-7,12,14-16H,4-5,8-11,13H2,1-3H3;1H,(H,2,3)/t14-,15-,16-;/m1./s1. The smallest absolute Gasteiger partial charge is 0.290 e. The Balaban J connectivity index is 0.000000941. The molecule has 0 unspecified atom stereocenters. The van der Waals surface area contributed by atoms with Crippen LogP contribution in [0.5, 0.6) is 0 Å². The summed E-state index contributed by atoms with van der Waals surface area (Å²) in [6.45, 7) is 2.92. The van der Waals surface area contributed by atoms with E-state index in [1.807, 2.05) is 30.9 Å². The maximum Gasteiger partial charge on any atom is 0.290 e. The van der Waals surface area contributed by atoms with Crippen LogP contribution in [-0.2, 0) is 9.59 Å². The molecule has 2 fully saturated rings. The van der Waals surface area contributed by atoms with E-state index in [4.69, 9.17) is 9.90 Å². The van der Waals surface area contributed by atoms with E-state index in [2.05, 4.69) is 14.9 Å². The van der Waals surface area contributed by atoms with Gasteiger partial charge in [0.25, 0.3) is 12.4 Å². The number of aromatic nitrogens is 2. The molecule has 9 heteroatoms. The molecule has 0 aromatic carbocycles. The molecule has 0 spiro atoms. The van der Waals surface area contributed by atoms with Crippen LogP contribution < -0.4 is 0 Å². The van der Waals surface area contributed by atoms with Crippen molar-refractivity contribution in [2.24, 2.45) is 17.8 Å². The third-order valence-electron chi connectivity index (χ3n) is 5.74. The highest BCUT2D eigenvalue weighted by molar-refractivity contribution is 5.92. The van der Waals surface area contributed by atoms with Crippen LogP contribution >= 0.6 is 0 Å². The Labute approximate surface area is 171 Å². The van der Waals surface area contributed by atoms with E-state index in [0.29, 0.717) is 18.2 Å². The molecule has 1 aliphatic carbocycles. The van der Waals surface area contributed by atoms with Crippen molar-refractivity contribution in [2.45, 2.75) is 19.3 Å². The number of rotatable bonds is 6. The summed E-state index contributed by atoms with van der Waals surface area (Å²) in [7, 11) is 5.99. The quantitative estimate of drug-likeness (QED) is 0.694. The molecular formula is C20H31N5O4. The zero-order chi connectivity index (χ0) is 21.4. The van der Waals surface area contributed by atoms with Crippen molar-refractivity contribution >= 4 is 18.3 Å². The van der Waals surface area contributed by atoms with Crippen molar-refractivity contribution in [3.8, 4) is 0 Å². The van der Waals surface area contributed by atoms with Gasteiger partial charge < -0.3 is 19.8 Å². The lowest BCUT2D eigenvalue weighted by Crippen LogP contribution is -2.56. The summed E-state index contributed by atoms with van der Waals surface area (Å²) < 4.78 is 0. The van der Waals surface area contributed by atoms with Crippen LogP contribution in [0.15, 0.2) is 18.6 Å². The zero-order valence-corrected chi connectivity index (χ0v) is 17.4. The minimum absolute atomic E-state index is 0.0572. The lowest BCUT2D eigenvalue weighted by molar-refractivity contribution is -0.146. The highest BCUT2D eigenvalue weighted by atomic mass is 16.3. The summed E-state index contributed by atoms with van der Waals surface area (Å²) >= 11 is 0. The summed E-state index contributed by atoms with van der Waals surface area (Å²) in [5, 5.41) is 6.89. The molecular weight excluding hydrogens is 374 g/mol. The molecule has 9 nitrogen and oxygen atoms in total. The van der Waals surface area contributed by atoms with Gasteiger partial charge in [0, 0.05) is 45.0 Å². The molecule has 1 aliphatic heterocycles. The average molecular weight is 405 g/mol. The highest BCUT2D eigenvalue weighted by Gasteiger charge is 2.49. The molecule has 0 radical (unpaired) electrons. The van der Waals surface area contributed by atoms with Crippen molar-refractivity contribution in [3.63, 3.8) is 0 Å². The highest BCUT2D eigenvalue weighted by Crippen LogP contribution is 2.46. The molecule has 160 valence electrons. The van der Waals surface area contributed by atoms with Gasteiger partial charge >= 0.3 is 0 Å². The summed E-state index contributed by atoms with van der Waals surface area (Å²) in [5.41, 5.74) is 0.383. The van der Waals surface area contributed by atoms with E-state index in [1.54, 1.807) is 12.4 Å². The molecule has 0 bridgehead atoms. The van der Waals surface area contributed by atoms with E-state index in [0.717, 1.165) is 38.9 Å². The number of carbonyl (C=O) groups excluding carboxylic acids is 2. The third-order valence-corrected chi connectivity index (χ3v) is 5.74. The molecule has 3 atom stereocenters. The topological polar surface area (TPSA) is 107 Å². The van der Waals surface area contributed by atoms with Gasteiger partial charge in [-0.1, -0.05) is 0 Å². The molecule has 2 amide bonds. The lowest BCUT2D eigenvalue weighted by Gasteiger charge is -2.50. The van der Waals surface area contributed by atoms with Gasteiger partial charge in [-0.25, -0.2) is 4.98 Å². The largest absolute Gasteiger partial charge is 0.483 e. The van der Waals surface area contributed by atoms with Crippen molar-refractivity contribution in [1.82, 2.24) is 24.7 Å². The number of likely N-dealkylation sites (tertiary alicyclic amines) is 1. The SMILES string of the molecule is CN(C)CCCN(C)C(=O)[C@@H]1C[C@H]2CCN(C(=O)c3cnccn3)C[C@H]21.O=CO. The fraction of sp³-hybridized carbons (Fsp3) is 0.650. The third kappa shape index (κ3) is 5.96. The van der Waals surface area contributed by atoms with Crippen molar-refractivity contribution in [1.29, 1.82) is 0 Å². The van der Waals surface area contributed by atoms with Gasteiger partial charge in [0.2, 0.25) is 5.91 Å². The molecule has 1 saturated carbocycles. The first-order chi connectivity index (χ1) is 13.9. The first-order valence-corrected chi connectivity index (χ1v) is 9.91. The minimum atomic E-state index is -0.250. The van der Waals surface area contributed by atoms with E-state index in [9.17, 15) is 9.59 Å². The molecule has 1 saturated heterocycles. The van der Waals surface area contributed by atoms with E-state index in [-0.39, 0.29) is 30.1 Å². The van der Waals surface area contributed by atoms with Gasteiger partial charge in [-0.2, -0.15) is 0 Å². The Morgan fingerprint density at radius 1 is 1.28 bits per heavy atom. The number of nitrogens with zero attached hydrogens (tertiary/aromatic N) is 5. The van der Waals surface area contributed by atoms with Crippen molar-refractivity contribution in [3.05, 3.63) is 24.3 Å². The summed E-state index contributed by atoms with van der Waals surface area (Å²) in [6, 6.07) is 0. The normalized spacial score (nSPS) is 22.6. The summed E-state index contributed by atoms with van der Waals surface area (Å²) in [6.07, 6.45) is 7.54. The first kappa shape index (κ1) is 22.7. The molecule has 2 aliphatic rings. The Bertz CT molecular complexity index is 685. The van der Waals surface area contributed by atoms with Crippen LogP contribution in [0.3, 0.4) is 0 Å². The van der Waals surface area contributed by atoms with Gasteiger partial charge in [0.1, 0.15) is 5.69 Å². The van der Waals surface area contributed by atoms with Gasteiger partial charge in [-0.3, -0.25) is 19.4 Å². The molecule has 2 heterocycles. The second kappa shape index (κ2) is 10.8. The van der Waals surface area contributed by atoms with E-state index in [1.165, 1.54) is 6.20 Å². The van der Waals surface area contributed by atoms with Crippen LogP contribution in [0, 0.1) is 17.8 Å². The van der Waals surface area contributed by atoms with E-state index >= 15 is 0 Å². The fourth-order valence-electron chi connectivity index (χ4n) is 4.14. The van der Waals surface area contributed by atoms with Crippen molar-refractivity contribution in [2.75, 3.05) is 47.3 Å². The monoisotopic (exact) mass is 405 g/mol.